The minimum absolute atomic E-state index is 0.250. The van der Waals surface area contributed by atoms with Crippen LogP contribution in [0.4, 0.5) is 11.4 Å². The second-order valence-corrected chi connectivity index (χ2v) is 6.84. The van der Waals surface area contributed by atoms with Crippen molar-refractivity contribution in [1.29, 1.82) is 0 Å². The van der Waals surface area contributed by atoms with Crippen molar-refractivity contribution in [2.75, 3.05) is 23.4 Å². The maximum absolute atomic E-state index is 12.2. The van der Waals surface area contributed by atoms with Gasteiger partial charge < -0.3 is 10.1 Å². The zero-order valence-electron chi connectivity index (χ0n) is 13.1. The molecule has 0 heterocycles. The molecule has 2 aromatic rings. The highest BCUT2D eigenvalue weighted by molar-refractivity contribution is 7.92. The fraction of sp³-hybridized carbons (Fsp3) is 0.188. The summed E-state index contributed by atoms with van der Waals surface area (Å²) in [4.78, 5) is 12.2. The number of hydrogen-bond donors (Lipinski definition) is 2. The van der Waals surface area contributed by atoms with Crippen molar-refractivity contribution in [3.05, 3.63) is 53.6 Å². The average molecular weight is 334 g/mol. The number of hydrogen-bond acceptors (Lipinski definition) is 4. The quantitative estimate of drug-likeness (QED) is 0.880. The summed E-state index contributed by atoms with van der Waals surface area (Å²) in [7, 11) is -1.74. The second-order valence-electron chi connectivity index (χ2n) is 5.09. The van der Waals surface area contributed by atoms with Gasteiger partial charge in [0.05, 0.1) is 13.4 Å². The Labute approximate surface area is 135 Å². The van der Waals surface area contributed by atoms with E-state index in [1.807, 2.05) is 6.92 Å². The minimum atomic E-state index is -3.32. The molecule has 0 aliphatic rings. The third kappa shape index (κ3) is 4.72. The third-order valence-electron chi connectivity index (χ3n) is 3.10. The Balaban J connectivity index is 2.09. The van der Waals surface area contributed by atoms with Crippen LogP contribution in [0.5, 0.6) is 5.75 Å². The van der Waals surface area contributed by atoms with Crippen LogP contribution in [0.15, 0.2) is 42.5 Å². The molecule has 1 amide bonds. The Morgan fingerprint density at radius 3 is 2.17 bits per heavy atom. The molecule has 0 aliphatic heterocycles. The lowest BCUT2D eigenvalue weighted by atomic mass is 10.1. The van der Waals surface area contributed by atoms with E-state index in [0.29, 0.717) is 16.9 Å². The summed E-state index contributed by atoms with van der Waals surface area (Å²) >= 11 is 0. The second kappa shape index (κ2) is 6.70. The van der Waals surface area contributed by atoms with Gasteiger partial charge in [-0.25, -0.2) is 8.42 Å². The summed E-state index contributed by atoms with van der Waals surface area (Å²) in [5.74, 6) is 0.470. The lowest BCUT2D eigenvalue weighted by molar-refractivity contribution is 0.102. The molecule has 0 atom stereocenters. The maximum atomic E-state index is 12.2. The highest BCUT2D eigenvalue weighted by atomic mass is 32.2. The monoisotopic (exact) mass is 334 g/mol. The summed E-state index contributed by atoms with van der Waals surface area (Å²) in [5.41, 5.74) is 2.39. The van der Waals surface area contributed by atoms with E-state index in [2.05, 4.69) is 10.0 Å². The molecule has 7 heteroatoms. The van der Waals surface area contributed by atoms with Crippen LogP contribution in [0.25, 0.3) is 0 Å². The molecule has 0 fully saturated rings. The highest BCUT2D eigenvalue weighted by Gasteiger charge is 2.09. The Kier molecular flexibility index (Phi) is 4.90. The number of aryl methyl sites for hydroxylation is 1. The first kappa shape index (κ1) is 16.8. The zero-order chi connectivity index (χ0) is 17.0. The van der Waals surface area contributed by atoms with Crippen molar-refractivity contribution >= 4 is 27.3 Å². The summed E-state index contributed by atoms with van der Waals surface area (Å²) in [6, 6.07) is 11.6. The van der Waals surface area contributed by atoms with Gasteiger partial charge in [-0.15, -0.1) is 0 Å². The van der Waals surface area contributed by atoms with Crippen LogP contribution < -0.4 is 14.8 Å². The molecular formula is C16H18N2O4S. The molecule has 122 valence electrons. The number of benzene rings is 2. The number of sulfonamides is 1. The molecule has 0 aromatic heterocycles. The predicted octanol–water partition coefficient (Wildman–Crippen LogP) is 2.63. The molecule has 6 nitrogen and oxygen atoms in total. The summed E-state index contributed by atoms with van der Waals surface area (Å²) in [6.07, 6.45) is 1.08. The van der Waals surface area contributed by atoms with Gasteiger partial charge in [0, 0.05) is 16.9 Å². The fourth-order valence-corrected chi connectivity index (χ4v) is 2.62. The van der Waals surface area contributed by atoms with Crippen LogP contribution >= 0.6 is 0 Å². The van der Waals surface area contributed by atoms with Crippen LogP contribution in [0.2, 0.25) is 0 Å². The number of carbonyl (C=O) groups excluding carboxylic acids is 1. The molecule has 0 saturated carbocycles. The largest absolute Gasteiger partial charge is 0.496 e. The Morgan fingerprint density at radius 1 is 1.04 bits per heavy atom. The van der Waals surface area contributed by atoms with Gasteiger partial charge in [-0.2, -0.15) is 0 Å². The maximum Gasteiger partial charge on any atom is 0.255 e. The smallest absolute Gasteiger partial charge is 0.255 e. The SMILES string of the molecule is COc1ccc(C(=O)Nc2ccc(NS(C)(=O)=O)cc2)cc1C. The van der Waals surface area contributed by atoms with Gasteiger partial charge in [-0.3, -0.25) is 9.52 Å². The van der Waals surface area contributed by atoms with Crippen molar-refractivity contribution < 1.29 is 17.9 Å². The summed E-state index contributed by atoms with van der Waals surface area (Å²) in [6.45, 7) is 1.86. The molecule has 0 spiro atoms. The van der Waals surface area contributed by atoms with Gasteiger partial charge in [0.25, 0.3) is 5.91 Å². The molecule has 0 bridgehead atoms. The lowest BCUT2D eigenvalue weighted by Crippen LogP contribution is -2.12. The topological polar surface area (TPSA) is 84.5 Å². The van der Waals surface area contributed by atoms with Gasteiger partial charge >= 0.3 is 0 Å². The number of carbonyl (C=O) groups is 1. The first-order valence-corrected chi connectivity index (χ1v) is 8.71. The number of rotatable bonds is 5. The molecule has 2 aromatic carbocycles. The first-order chi connectivity index (χ1) is 10.8. The summed E-state index contributed by atoms with van der Waals surface area (Å²) < 4.78 is 29.8. The molecular weight excluding hydrogens is 316 g/mol. The Morgan fingerprint density at radius 2 is 1.65 bits per heavy atom. The van der Waals surface area contributed by atoms with E-state index in [-0.39, 0.29) is 5.91 Å². The molecule has 2 N–H and O–H groups in total. The Bertz CT molecular complexity index is 814. The molecule has 0 saturated heterocycles. The van der Waals surface area contributed by atoms with Crippen molar-refractivity contribution in [2.45, 2.75) is 6.92 Å². The van der Waals surface area contributed by atoms with E-state index in [1.165, 1.54) is 0 Å². The van der Waals surface area contributed by atoms with Crippen LogP contribution in [0.1, 0.15) is 15.9 Å². The van der Waals surface area contributed by atoms with Crippen molar-refractivity contribution in [2.24, 2.45) is 0 Å². The van der Waals surface area contributed by atoms with E-state index >= 15 is 0 Å². The van der Waals surface area contributed by atoms with Crippen molar-refractivity contribution in [1.82, 2.24) is 0 Å². The fourth-order valence-electron chi connectivity index (χ4n) is 2.06. The molecule has 0 radical (unpaired) electrons. The van der Waals surface area contributed by atoms with Crippen LogP contribution in [-0.4, -0.2) is 27.7 Å². The minimum Gasteiger partial charge on any atom is -0.496 e. The average Bonchev–Trinajstić information content (AvgIpc) is 2.47. The van der Waals surface area contributed by atoms with Crippen LogP contribution in [-0.2, 0) is 10.0 Å². The van der Waals surface area contributed by atoms with Gasteiger partial charge in [0.15, 0.2) is 0 Å². The van der Waals surface area contributed by atoms with E-state index in [4.69, 9.17) is 4.74 Å². The van der Waals surface area contributed by atoms with E-state index < -0.39 is 10.0 Å². The number of nitrogens with one attached hydrogen (secondary N) is 2. The van der Waals surface area contributed by atoms with Gasteiger partial charge in [-0.05, 0) is 55.0 Å². The molecule has 2 rings (SSSR count). The van der Waals surface area contributed by atoms with Crippen molar-refractivity contribution in [3.63, 3.8) is 0 Å². The number of ether oxygens (including phenoxy) is 1. The lowest BCUT2D eigenvalue weighted by Gasteiger charge is -2.09. The summed E-state index contributed by atoms with van der Waals surface area (Å²) in [5, 5.41) is 2.76. The van der Waals surface area contributed by atoms with Gasteiger partial charge in [0.1, 0.15) is 5.75 Å². The van der Waals surface area contributed by atoms with E-state index in [1.54, 1.807) is 49.6 Å². The standard InChI is InChI=1S/C16H18N2O4S/c1-11-10-12(4-9-15(11)22-2)16(19)17-13-5-7-14(8-6-13)18-23(3,20)21/h4-10,18H,1-3H3,(H,17,19). The zero-order valence-corrected chi connectivity index (χ0v) is 13.9. The van der Waals surface area contributed by atoms with E-state index in [9.17, 15) is 13.2 Å². The number of methoxy groups -OCH3 is 1. The predicted molar refractivity (Wildman–Crippen MR) is 90.6 cm³/mol. The van der Waals surface area contributed by atoms with Crippen LogP contribution in [0, 0.1) is 6.92 Å². The van der Waals surface area contributed by atoms with Crippen LogP contribution in [0.3, 0.4) is 0 Å². The number of amides is 1. The van der Waals surface area contributed by atoms with Crippen molar-refractivity contribution in [3.8, 4) is 5.75 Å². The Hall–Kier alpha value is -2.54. The molecule has 0 unspecified atom stereocenters. The highest BCUT2D eigenvalue weighted by Crippen LogP contribution is 2.20. The molecule has 23 heavy (non-hydrogen) atoms. The normalized spacial score (nSPS) is 10.9. The third-order valence-corrected chi connectivity index (χ3v) is 3.71. The molecule has 0 aliphatic carbocycles. The van der Waals surface area contributed by atoms with Gasteiger partial charge in [-0.1, -0.05) is 0 Å². The van der Waals surface area contributed by atoms with E-state index in [0.717, 1.165) is 17.6 Å². The number of anilines is 2. The first-order valence-electron chi connectivity index (χ1n) is 6.82. The van der Waals surface area contributed by atoms with Gasteiger partial charge in [0.2, 0.25) is 10.0 Å².